The van der Waals surface area contributed by atoms with Gasteiger partial charge in [-0.3, -0.25) is 38.6 Å². The molecule has 4 amide bonds. The van der Waals surface area contributed by atoms with Crippen molar-refractivity contribution in [2.24, 2.45) is 0 Å². The second-order valence-electron chi connectivity index (χ2n) is 19.3. The van der Waals surface area contributed by atoms with Crippen LogP contribution >= 0.6 is 15.9 Å². The van der Waals surface area contributed by atoms with Crippen LogP contribution in [0.2, 0.25) is 0 Å². The molecule has 10 rings (SSSR count). The summed E-state index contributed by atoms with van der Waals surface area (Å²) in [5, 5.41) is 7.42. The number of H-pyrrole nitrogens is 1. The summed E-state index contributed by atoms with van der Waals surface area (Å²) in [6.07, 6.45) is 16.4. The molecule has 0 unspecified atom stereocenters. The van der Waals surface area contributed by atoms with Crippen LogP contribution in [0.4, 0.5) is 11.6 Å². The highest BCUT2D eigenvalue weighted by atomic mass is 79.9. The molecule has 0 spiro atoms. The van der Waals surface area contributed by atoms with Crippen LogP contribution in [0.25, 0.3) is 0 Å². The number of nitrogens with one attached hydrogen (secondary N) is 3. The minimum absolute atomic E-state index is 0.141. The third kappa shape index (κ3) is 14.8. The summed E-state index contributed by atoms with van der Waals surface area (Å²) in [6.45, 7) is 7.57. The zero-order valence-electron chi connectivity index (χ0n) is 42.5. The molecule has 0 radical (unpaired) electrons. The molecule has 3 N–H and O–H groups in total. The predicted molar refractivity (Wildman–Crippen MR) is 296 cm³/mol. The van der Waals surface area contributed by atoms with Crippen molar-refractivity contribution in [3.63, 3.8) is 0 Å². The number of imide groups is 2. The van der Waals surface area contributed by atoms with Crippen molar-refractivity contribution in [3.8, 4) is 0 Å². The largest absolute Gasteiger partial charge is 0.363 e. The normalized spacial score (nSPS) is 16.0. The van der Waals surface area contributed by atoms with Gasteiger partial charge in [0, 0.05) is 88.0 Å². The maximum atomic E-state index is 13.0. The van der Waals surface area contributed by atoms with Gasteiger partial charge in [0.1, 0.15) is 0 Å². The van der Waals surface area contributed by atoms with Crippen LogP contribution in [0.1, 0.15) is 104 Å². The van der Waals surface area contributed by atoms with Gasteiger partial charge in [0.05, 0.1) is 22.3 Å². The van der Waals surface area contributed by atoms with E-state index in [0.29, 0.717) is 59.4 Å². The van der Waals surface area contributed by atoms with Gasteiger partial charge < -0.3 is 30.0 Å². The number of nitrogens with zero attached hydrogens (tertiary/aromatic N) is 7. The molecular weight excluding hydrogens is 1010 g/mol. The van der Waals surface area contributed by atoms with Gasteiger partial charge in [-0.15, -0.1) is 0 Å². The fourth-order valence-electron chi connectivity index (χ4n) is 9.97. The number of likely N-dealkylation sites (tertiary alicyclic amines) is 2. The molecule has 4 aromatic carbocycles. The average Bonchev–Trinajstić information content (AvgIpc) is 3.85. The monoisotopic (exact) mass is 1080 g/mol. The van der Waals surface area contributed by atoms with E-state index in [1.54, 1.807) is 77.9 Å². The van der Waals surface area contributed by atoms with Crippen LogP contribution in [-0.2, 0) is 19.4 Å². The highest BCUT2D eigenvalue weighted by molar-refractivity contribution is 9.09. The second kappa shape index (κ2) is 27.5. The van der Waals surface area contributed by atoms with Crippen LogP contribution in [0.3, 0.4) is 0 Å². The first-order valence-electron chi connectivity index (χ1n) is 26.3. The molecule has 392 valence electrons. The van der Waals surface area contributed by atoms with Crippen LogP contribution in [0.15, 0.2) is 144 Å². The highest BCUT2D eigenvalue weighted by Gasteiger charge is 2.35. The zero-order valence-corrected chi connectivity index (χ0v) is 44.0. The molecule has 4 aliphatic heterocycles. The first-order chi connectivity index (χ1) is 36.7. The number of fused-ring (bicyclic) bond motifs is 2. The third-order valence-corrected chi connectivity index (χ3v) is 14.7. The lowest BCUT2D eigenvalue weighted by Gasteiger charge is -2.32. The van der Waals surface area contributed by atoms with Crippen molar-refractivity contribution in [1.82, 2.24) is 39.1 Å². The number of aromatic nitrogens is 4. The fourth-order valence-corrected chi connectivity index (χ4v) is 10.2. The number of aromatic amines is 1. The van der Waals surface area contributed by atoms with Gasteiger partial charge in [-0.05, 0) is 113 Å². The molecule has 0 bridgehead atoms. The summed E-state index contributed by atoms with van der Waals surface area (Å²) in [6, 6.07) is 35.6. The Morgan fingerprint density at radius 1 is 0.493 bits per heavy atom. The van der Waals surface area contributed by atoms with Gasteiger partial charge in [0.25, 0.3) is 34.7 Å². The van der Waals surface area contributed by atoms with Gasteiger partial charge in [0.2, 0.25) is 0 Å². The van der Waals surface area contributed by atoms with Gasteiger partial charge in [0.15, 0.2) is 11.6 Å². The smallest absolute Gasteiger partial charge is 0.293 e. The Morgan fingerprint density at radius 2 is 0.920 bits per heavy atom. The van der Waals surface area contributed by atoms with Crippen LogP contribution < -0.4 is 21.8 Å². The van der Waals surface area contributed by atoms with E-state index in [-0.39, 0.29) is 47.3 Å². The summed E-state index contributed by atoms with van der Waals surface area (Å²) >= 11 is 3.28. The highest BCUT2D eigenvalue weighted by Crippen LogP contribution is 2.24. The first kappa shape index (κ1) is 54.2. The lowest BCUT2D eigenvalue weighted by molar-refractivity contribution is 0.0637. The second-order valence-corrected chi connectivity index (χ2v) is 20.0. The Bertz CT molecular complexity index is 2890. The molecule has 2 fully saturated rings. The molecule has 6 aromatic rings. The summed E-state index contributed by atoms with van der Waals surface area (Å²) in [5.74, 6) is -0.0678. The first-order valence-corrected chi connectivity index (χ1v) is 27.4. The van der Waals surface area contributed by atoms with Gasteiger partial charge in [-0.1, -0.05) is 101 Å². The minimum atomic E-state index is -0.267. The van der Waals surface area contributed by atoms with Gasteiger partial charge >= 0.3 is 0 Å². The number of anilines is 2. The lowest BCUT2D eigenvalue weighted by atomic mass is 10.0. The summed E-state index contributed by atoms with van der Waals surface area (Å²) in [5.41, 5.74) is 4.43. The van der Waals surface area contributed by atoms with E-state index in [2.05, 4.69) is 112 Å². The molecule has 0 aliphatic carbocycles. The third-order valence-electron chi connectivity index (χ3n) is 14.1. The molecule has 0 atom stereocenters. The number of halogens is 1. The van der Waals surface area contributed by atoms with Crippen molar-refractivity contribution >= 4 is 51.2 Å². The Hall–Kier alpha value is -7.08. The lowest BCUT2D eigenvalue weighted by Crippen LogP contribution is -2.41. The van der Waals surface area contributed by atoms with E-state index in [9.17, 15) is 28.8 Å². The number of alkyl halides is 1. The molecule has 2 aromatic heterocycles. The Balaban J connectivity index is 0.000000166. The maximum Gasteiger partial charge on any atom is 0.293 e. The topological polar surface area (TPSA) is 186 Å². The van der Waals surface area contributed by atoms with Crippen molar-refractivity contribution in [3.05, 3.63) is 188 Å². The molecular formula is C58H67BrN10O6. The molecule has 17 heteroatoms. The quantitative estimate of drug-likeness (QED) is 0.0529. The number of amides is 4. The number of benzene rings is 4. The van der Waals surface area contributed by atoms with E-state index in [1.807, 2.05) is 0 Å². The van der Waals surface area contributed by atoms with E-state index in [0.717, 1.165) is 96.0 Å². The van der Waals surface area contributed by atoms with E-state index < -0.39 is 0 Å². The number of hydrogen-bond acceptors (Lipinski definition) is 12. The van der Waals surface area contributed by atoms with Crippen molar-refractivity contribution < 1.29 is 19.2 Å². The predicted octanol–water partition coefficient (Wildman–Crippen LogP) is 7.79. The Labute approximate surface area is 446 Å². The number of piperidine rings is 2. The Morgan fingerprint density at radius 3 is 1.37 bits per heavy atom. The summed E-state index contributed by atoms with van der Waals surface area (Å²) < 4.78 is 1.60. The number of carbonyl (C=O) groups is 4. The van der Waals surface area contributed by atoms with Gasteiger partial charge in [-0.2, -0.15) is 0 Å². The number of hydrogen-bond donors (Lipinski definition) is 3. The van der Waals surface area contributed by atoms with Gasteiger partial charge in [-0.25, -0.2) is 9.97 Å². The molecule has 0 saturated carbocycles. The van der Waals surface area contributed by atoms with E-state index in [1.165, 1.54) is 27.3 Å². The Kier molecular flexibility index (Phi) is 19.8. The standard InChI is InChI=1S/C29H33N5O3.C18H24N4O.C11H10BrNO2/c35-27-24-11-4-5-12-25(24)28(36)34(27)18-7-17-33-21-15-30-26(29(33)37)31-23-13-19-32(20-14-23)16-6-10-22-8-2-1-3-9-22;23-18-17(19-10-11-20-18)21-16-8-13-22(14-9-16)12-4-7-15-5-2-1-3-6-15;12-6-3-7-13-10(14)8-4-1-2-5-9(8)11(13)15/h1-5,8-9,11-12,15,21,23H,6-7,10,13-14,16-20H2,(H,30,31);1-3,5-6,10-11,16H,4,7-9,12-14H2,(H,19,21)(H,20,23);1-2,4-5H,3,6-7H2. The van der Waals surface area contributed by atoms with Crippen LogP contribution in [0.5, 0.6) is 0 Å². The number of aryl methyl sites for hydroxylation is 3. The van der Waals surface area contributed by atoms with E-state index >= 15 is 0 Å². The molecule has 6 heterocycles. The fraction of sp³-hybridized carbons (Fsp3) is 0.379. The van der Waals surface area contributed by atoms with Crippen LogP contribution in [-0.4, -0.2) is 133 Å². The maximum absolute atomic E-state index is 13.0. The summed E-state index contributed by atoms with van der Waals surface area (Å²) in [7, 11) is 0. The van der Waals surface area contributed by atoms with Crippen molar-refractivity contribution in [2.45, 2.75) is 82.8 Å². The number of rotatable bonds is 19. The van der Waals surface area contributed by atoms with Crippen molar-refractivity contribution in [1.29, 1.82) is 0 Å². The minimum Gasteiger partial charge on any atom is -0.363 e. The average molecular weight is 1080 g/mol. The van der Waals surface area contributed by atoms with Crippen LogP contribution in [0, 0.1) is 0 Å². The van der Waals surface area contributed by atoms with E-state index in [4.69, 9.17) is 0 Å². The summed E-state index contributed by atoms with van der Waals surface area (Å²) in [4.78, 5) is 92.0. The molecule has 4 aliphatic rings. The molecule has 16 nitrogen and oxygen atoms in total. The molecule has 75 heavy (non-hydrogen) atoms. The molecule has 2 saturated heterocycles. The zero-order chi connectivity index (χ0) is 52.4. The van der Waals surface area contributed by atoms with Crippen molar-refractivity contribution in [2.75, 3.05) is 68.3 Å². The SMILES string of the molecule is O=C1c2ccccc2C(=O)N1CCCBr.O=C1c2ccccc2C(=O)N1CCCn1ccnc(NC2CCN(CCCc3ccccc3)CC2)c1=O.O=c1[nH]ccnc1NC1CCN(CCCc2ccccc2)CC1. The number of carbonyl (C=O) groups excluding carboxylic acids is 4.